The first-order valence-electron chi connectivity index (χ1n) is 6.88. The van der Waals surface area contributed by atoms with Gasteiger partial charge < -0.3 is 9.64 Å². The van der Waals surface area contributed by atoms with Gasteiger partial charge in [0.2, 0.25) is 0 Å². The Bertz CT molecular complexity index is 467. The summed E-state index contributed by atoms with van der Waals surface area (Å²) in [6.07, 6.45) is 3.37. The molecule has 0 N–H and O–H groups in total. The van der Waals surface area contributed by atoms with Gasteiger partial charge in [0.05, 0.1) is 6.61 Å². The summed E-state index contributed by atoms with van der Waals surface area (Å²) >= 11 is 3.43. The van der Waals surface area contributed by atoms with Gasteiger partial charge in [0, 0.05) is 35.1 Å². The zero-order chi connectivity index (χ0) is 13.2. The van der Waals surface area contributed by atoms with E-state index < -0.39 is 0 Å². The zero-order valence-electron chi connectivity index (χ0n) is 10.8. The molecule has 1 heterocycles. The number of rotatable bonds is 4. The van der Waals surface area contributed by atoms with Gasteiger partial charge in [-0.2, -0.15) is 0 Å². The van der Waals surface area contributed by atoms with Crippen LogP contribution >= 0.6 is 15.9 Å². The van der Waals surface area contributed by atoms with Crippen molar-refractivity contribution in [2.45, 2.75) is 25.3 Å². The third kappa shape index (κ3) is 3.18. The molecule has 0 spiro atoms. The van der Waals surface area contributed by atoms with Crippen molar-refractivity contribution in [2.24, 2.45) is 5.92 Å². The van der Waals surface area contributed by atoms with Gasteiger partial charge in [-0.15, -0.1) is 0 Å². The summed E-state index contributed by atoms with van der Waals surface area (Å²) in [6.45, 7) is 2.49. The van der Waals surface area contributed by atoms with Crippen LogP contribution in [0.25, 0.3) is 0 Å². The lowest BCUT2D eigenvalue weighted by Gasteiger charge is -2.25. The lowest BCUT2D eigenvalue weighted by molar-refractivity contribution is 0.0706. The molecule has 1 amide bonds. The van der Waals surface area contributed by atoms with Crippen LogP contribution in [0.3, 0.4) is 0 Å². The fraction of sp³-hybridized carbons (Fsp3) is 0.533. The largest absolute Gasteiger partial charge is 0.381 e. The third-order valence-electron chi connectivity index (χ3n) is 3.80. The maximum absolute atomic E-state index is 12.6. The summed E-state index contributed by atoms with van der Waals surface area (Å²) in [5, 5.41) is 0. The molecule has 1 aromatic rings. The molecule has 0 radical (unpaired) electrons. The number of benzene rings is 1. The lowest BCUT2D eigenvalue weighted by Crippen LogP contribution is -2.37. The third-order valence-corrected chi connectivity index (χ3v) is 4.29. The van der Waals surface area contributed by atoms with Crippen molar-refractivity contribution < 1.29 is 9.53 Å². The number of hydrogen-bond donors (Lipinski definition) is 0. The normalized spacial score (nSPS) is 22.5. The average Bonchev–Trinajstić information content (AvgIpc) is 3.12. The van der Waals surface area contributed by atoms with E-state index in [2.05, 4.69) is 20.8 Å². The van der Waals surface area contributed by atoms with Gasteiger partial charge in [-0.05, 0) is 37.5 Å². The maximum Gasteiger partial charge on any atom is 0.254 e. The van der Waals surface area contributed by atoms with E-state index in [1.165, 1.54) is 0 Å². The van der Waals surface area contributed by atoms with E-state index in [0.717, 1.165) is 49.1 Å². The van der Waals surface area contributed by atoms with E-state index in [1.807, 2.05) is 24.3 Å². The second-order valence-corrected chi connectivity index (χ2v) is 6.34. The van der Waals surface area contributed by atoms with Gasteiger partial charge in [0.25, 0.3) is 5.91 Å². The highest BCUT2D eigenvalue weighted by atomic mass is 79.9. The second-order valence-electron chi connectivity index (χ2n) is 5.43. The first-order chi connectivity index (χ1) is 9.24. The lowest BCUT2D eigenvalue weighted by atomic mass is 10.1. The summed E-state index contributed by atoms with van der Waals surface area (Å²) in [5.41, 5.74) is 0.778. The number of hydrogen-bond acceptors (Lipinski definition) is 2. The molecule has 3 nitrogen and oxygen atoms in total. The predicted octanol–water partition coefficient (Wildman–Crippen LogP) is 3.09. The smallest absolute Gasteiger partial charge is 0.254 e. The van der Waals surface area contributed by atoms with Gasteiger partial charge >= 0.3 is 0 Å². The average molecular weight is 324 g/mol. The van der Waals surface area contributed by atoms with Gasteiger partial charge in [0.1, 0.15) is 0 Å². The van der Waals surface area contributed by atoms with Crippen molar-refractivity contribution in [3.05, 3.63) is 34.3 Å². The molecule has 102 valence electrons. The van der Waals surface area contributed by atoms with Crippen molar-refractivity contribution in [1.82, 2.24) is 4.90 Å². The molecule has 4 heteroatoms. The van der Waals surface area contributed by atoms with Crippen LogP contribution in [0.2, 0.25) is 0 Å². The minimum Gasteiger partial charge on any atom is -0.381 e. The van der Waals surface area contributed by atoms with Gasteiger partial charge in [-0.1, -0.05) is 22.0 Å². The first-order valence-corrected chi connectivity index (χ1v) is 7.67. The minimum atomic E-state index is 0.163. The van der Waals surface area contributed by atoms with Crippen LogP contribution in [0.5, 0.6) is 0 Å². The van der Waals surface area contributed by atoms with Crippen molar-refractivity contribution in [1.29, 1.82) is 0 Å². The number of carbonyl (C=O) groups is 1. The molecule has 1 unspecified atom stereocenters. The van der Waals surface area contributed by atoms with Crippen LogP contribution in [0.15, 0.2) is 28.7 Å². The standard InChI is InChI=1S/C15H18BrNO2/c16-13-3-1-2-12(8-13)15(18)17(14-4-5-14)9-11-6-7-19-10-11/h1-3,8,11,14H,4-7,9-10H2. The molecule has 0 bridgehead atoms. The summed E-state index contributed by atoms with van der Waals surface area (Å²) in [5.74, 6) is 0.674. The van der Waals surface area contributed by atoms with Crippen molar-refractivity contribution >= 4 is 21.8 Å². The van der Waals surface area contributed by atoms with E-state index in [0.29, 0.717) is 12.0 Å². The van der Waals surface area contributed by atoms with Crippen LogP contribution < -0.4 is 0 Å². The van der Waals surface area contributed by atoms with Gasteiger partial charge in [-0.25, -0.2) is 0 Å². The zero-order valence-corrected chi connectivity index (χ0v) is 12.4. The van der Waals surface area contributed by atoms with E-state index >= 15 is 0 Å². The summed E-state index contributed by atoms with van der Waals surface area (Å²) in [6, 6.07) is 8.12. The SMILES string of the molecule is O=C(c1cccc(Br)c1)N(CC1CCOC1)C1CC1. The Morgan fingerprint density at radius 1 is 1.37 bits per heavy atom. The molecule has 2 aliphatic rings. The fourth-order valence-corrected chi connectivity index (χ4v) is 2.98. The molecule has 19 heavy (non-hydrogen) atoms. The van der Waals surface area contributed by atoms with Crippen LogP contribution in [0.4, 0.5) is 0 Å². The van der Waals surface area contributed by atoms with E-state index in [1.54, 1.807) is 0 Å². The monoisotopic (exact) mass is 323 g/mol. The first kappa shape index (κ1) is 13.1. The molecular formula is C15H18BrNO2. The molecule has 2 fully saturated rings. The topological polar surface area (TPSA) is 29.5 Å². The molecule has 1 aliphatic heterocycles. The number of carbonyl (C=O) groups excluding carboxylic acids is 1. The van der Waals surface area contributed by atoms with Crippen LogP contribution in [0.1, 0.15) is 29.6 Å². The number of nitrogens with zero attached hydrogens (tertiary/aromatic N) is 1. The Labute approximate surface area is 122 Å². The Hall–Kier alpha value is -0.870. The molecular weight excluding hydrogens is 306 g/mol. The summed E-state index contributed by atoms with van der Waals surface area (Å²) in [4.78, 5) is 14.7. The molecule has 1 atom stereocenters. The van der Waals surface area contributed by atoms with E-state index in [9.17, 15) is 4.79 Å². The van der Waals surface area contributed by atoms with Gasteiger partial charge in [0.15, 0.2) is 0 Å². The van der Waals surface area contributed by atoms with Gasteiger partial charge in [-0.3, -0.25) is 4.79 Å². The Morgan fingerprint density at radius 3 is 2.84 bits per heavy atom. The molecule has 1 saturated carbocycles. The van der Waals surface area contributed by atoms with Crippen molar-refractivity contribution in [3.8, 4) is 0 Å². The highest BCUT2D eigenvalue weighted by Gasteiger charge is 2.35. The fourth-order valence-electron chi connectivity index (χ4n) is 2.58. The maximum atomic E-state index is 12.6. The highest BCUT2D eigenvalue weighted by molar-refractivity contribution is 9.10. The molecule has 0 aromatic heterocycles. The van der Waals surface area contributed by atoms with E-state index in [-0.39, 0.29) is 5.91 Å². The predicted molar refractivity (Wildman–Crippen MR) is 77.1 cm³/mol. The molecule has 1 saturated heterocycles. The van der Waals surface area contributed by atoms with Crippen molar-refractivity contribution in [2.75, 3.05) is 19.8 Å². The van der Waals surface area contributed by atoms with Crippen LogP contribution in [-0.4, -0.2) is 36.6 Å². The quantitative estimate of drug-likeness (QED) is 0.852. The van der Waals surface area contributed by atoms with Crippen LogP contribution in [0, 0.1) is 5.92 Å². The second kappa shape index (κ2) is 5.63. The molecule has 1 aromatic carbocycles. The Balaban J connectivity index is 1.73. The van der Waals surface area contributed by atoms with E-state index in [4.69, 9.17) is 4.74 Å². The number of halogens is 1. The van der Waals surface area contributed by atoms with Crippen LogP contribution in [-0.2, 0) is 4.74 Å². The Kier molecular flexibility index (Phi) is 3.89. The minimum absolute atomic E-state index is 0.163. The van der Waals surface area contributed by atoms with Crippen molar-refractivity contribution in [3.63, 3.8) is 0 Å². The summed E-state index contributed by atoms with van der Waals surface area (Å²) < 4.78 is 6.37. The molecule has 3 rings (SSSR count). The highest BCUT2D eigenvalue weighted by Crippen LogP contribution is 2.30. The Morgan fingerprint density at radius 2 is 2.21 bits per heavy atom. The molecule has 1 aliphatic carbocycles. The summed E-state index contributed by atoms with van der Waals surface area (Å²) in [7, 11) is 0. The number of ether oxygens (including phenoxy) is 1. The number of amides is 1.